The van der Waals surface area contributed by atoms with Gasteiger partial charge in [-0.2, -0.15) is 0 Å². The van der Waals surface area contributed by atoms with Gasteiger partial charge in [-0.05, 0) is 31.2 Å². The summed E-state index contributed by atoms with van der Waals surface area (Å²) in [5, 5.41) is 3.41. The van der Waals surface area contributed by atoms with Gasteiger partial charge in [0, 0.05) is 12.3 Å². The van der Waals surface area contributed by atoms with Crippen LogP contribution < -0.4 is 5.32 Å². The maximum Gasteiger partial charge on any atom is 0.217 e. The van der Waals surface area contributed by atoms with Crippen molar-refractivity contribution in [2.24, 2.45) is 0 Å². The lowest BCUT2D eigenvalue weighted by atomic mass is 10.2. The third-order valence-corrected chi connectivity index (χ3v) is 2.34. The zero-order valence-corrected chi connectivity index (χ0v) is 9.08. The number of carbonyl (C=O) groups excluding carboxylic acids is 1. The summed E-state index contributed by atoms with van der Waals surface area (Å²) in [6, 6.07) is 5.85. The summed E-state index contributed by atoms with van der Waals surface area (Å²) in [7, 11) is 0. The summed E-state index contributed by atoms with van der Waals surface area (Å²) in [5.74, 6) is 0.196. The van der Waals surface area contributed by atoms with Crippen molar-refractivity contribution in [3.63, 3.8) is 0 Å². The van der Waals surface area contributed by atoms with E-state index in [4.69, 9.17) is 4.42 Å². The van der Waals surface area contributed by atoms with Crippen LogP contribution in [0, 0.1) is 5.82 Å². The van der Waals surface area contributed by atoms with Crippen molar-refractivity contribution in [1.82, 2.24) is 5.32 Å². The second-order valence-corrected chi connectivity index (χ2v) is 3.75. The molecular weight excluding hydrogens is 209 g/mol. The average Bonchev–Trinajstić information content (AvgIpc) is 2.59. The standard InChI is InChI=1S/C12H12FNO2/c1-7(14-8(2)15)12-6-9-5-10(13)3-4-11(9)16-12/h3-7H,1-2H3,(H,14,15). The summed E-state index contributed by atoms with van der Waals surface area (Å²) in [6.07, 6.45) is 0. The van der Waals surface area contributed by atoms with Gasteiger partial charge >= 0.3 is 0 Å². The summed E-state index contributed by atoms with van der Waals surface area (Å²) < 4.78 is 18.4. The first-order valence-corrected chi connectivity index (χ1v) is 5.02. The number of amides is 1. The SMILES string of the molecule is CC(=O)NC(C)c1cc2cc(F)ccc2o1. The van der Waals surface area contributed by atoms with Gasteiger partial charge in [0.2, 0.25) is 5.91 Å². The molecule has 1 N–H and O–H groups in total. The summed E-state index contributed by atoms with van der Waals surface area (Å²) in [5.41, 5.74) is 0.619. The van der Waals surface area contributed by atoms with Gasteiger partial charge in [-0.25, -0.2) is 4.39 Å². The van der Waals surface area contributed by atoms with E-state index in [-0.39, 0.29) is 17.8 Å². The fourth-order valence-corrected chi connectivity index (χ4v) is 1.62. The summed E-state index contributed by atoms with van der Waals surface area (Å²) >= 11 is 0. The van der Waals surface area contributed by atoms with Crippen molar-refractivity contribution in [1.29, 1.82) is 0 Å². The minimum atomic E-state index is -0.299. The van der Waals surface area contributed by atoms with E-state index < -0.39 is 0 Å². The molecule has 4 heteroatoms. The topological polar surface area (TPSA) is 42.2 Å². The lowest BCUT2D eigenvalue weighted by molar-refractivity contribution is -0.119. The van der Waals surface area contributed by atoms with Crippen LogP contribution in [0.4, 0.5) is 4.39 Å². The van der Waals surface area contributed by atoms with Gasteiger partial charge in [0.05, 0.1) is 6.04 Å². The maximum absolute atomic E-state index is 12.9. The minimum absolute atomic E-state index is 0.126. The van der Waals surface area contributed by atoms with Gasteiger partial charge in [-0.3, -0.25) is 4.79 Å². The molecular formula is C12H12FNO2. The highest BCUT2D eigenvalue weighted by Gasteiger charge is 2.12. The molecule has 3 nitrogen and oxygen atoms in total. The van der Waals surface area contributed by atoms with E-state index in [0.717, 1.165) is 0 Å². The third kappa shape index (κ3) is 2.05. The largest absolute Gasteiger partial charge is 0.459 e. The Hall–Kier alpha value is -1.84. The second kappa shape index (κ2) is 3.96. The van der Waals surface area contributed by atoms with Crippen LogP contribution in [0.25, 0.3) is 11.0 Å². The molecule has 0 saturated heterocycles. The van der Waals surface area contributed by atoms with Crippen LogP contribution in [-0.4, -0.2) is 5.91 Å². The van der Waals surface area contributed by atoms with Gasteiger partial charge in [0.15, 0.2) is 0 Å². The molecule has 0 spiro atoms. The Labute approximate surface area is 92.2 Å². The van der Waals surface area contributed by atoms with Gasteiger partial charge < -0.3 is 9.73 Å². The zero-order valence-electron chi connectivity index (χ0n) is 9.08. The fourth-order valence-electron chi connectivity index (χ4n) is 1.62. The van der Waals surface area contributed by atoms with Crippen LogP contribution in [0.2, 0.25) is 0 Å². The second-order valence-electron chi connectivity index (χ2n) is 3.75. The number of furan rings is 1. The van der Waals surface area contributed by atoms with Crippen molar-refractivity contribution in [2.75, 3.05) is 0 Å². The Kier molecular flexibility index (Phi) is 2.64. The highest BCUT2D eigenvalue weighted by molar-refractivity contribution is 5.78. The van der Waals surface area contributed by atoms with Gasteiger partial charge in [0.25, 0.3) is 0 Å². The van der Waals surface area contributed by atoms with Crippen LogP contribution in [0.1, 0.15) is 25.6 Å². The molecule has 0 saturated carbocycles. The number of carbonyl (C=O) groups is 1. The molecule has 1 heterocycles. The van der Waals surface area contributed by atoms with E-state index in [0.29, 0.717) is 16.7 Å². The highest BCUT2D eigenvalue weighted by atomic mass is 19.1. The lowest BCUT2D eigenvalue weighted by Gasteiger charge is -2.08. The Bertz CT molecular complexity index is 533. The quantitative estimate of drug-likeness (QED) is 0.847. The number of halogens is 1. The van der Waals surface area contributed by atoms with Crippen molar-refractivity contribution in [3.8, 4) is 0 Å². The Morgan fingerprint density at radius 1 is 1.44 bits per heavy atom. The highest BCUT2D eigenvalue weighted by Crippen LogP contribution is 2.24. The fraction of sp³-hybridized carbons (Fsp3) is 0.250. The maximum atomic E-state index is 12.9. The smallest absolute Gasteiger partial charge is 0.217 e. The lowest BCUT2D eigenvalue weighted by Crippen LogP contribution is -2.23. The first-order valence-electron chi connectivity index (χ1n) is 5.02. The van der Waals surface area contributed by atoms with Crippen LogP contribution in [0.15, 0.2) is 28.7 Å². The molecule has 1 aromatic heterocycles. The predicted molar refractivity (Wildman–Crippen MR) is 58.4 cm³/mol. The van der Waals surface area contributed by atoms with Crippen LogP contribution in [0.5, 0.6) is 0 Å². The minimum Gasteiger partial charge on any atom is -0.459 e. The van der Waals surface area contributed by atoms with Crippen molar-refractivity contribution >= 4 is 16.9 Å². The van der Waals surface area contributed by atoms with E-state index in [1.165, 1.54) is 19.1 Å². The average molecular weight is 221 g/mol. The van der Waals surface area contributed by atoms with Crippen molar-refractivity contribution < 1.29 is 13.6 Å². The Morgan fingerprint density at radius 3 is 2.88 bits per heavy atom. The van der Waals surface area contributed by atoms with Crippen molar-refractivity contribution in [2.45, 2.75) is 19.9 Å². The van der Waals surface area contributed by atoms with Gasteiger partial charge in [-0.15, -0.1) is 0 Å². The summed E-state index contributed by atoms with van der Waals surface area (Å²) in [6.45, 7) is 3.26. The third-order valence-electron chi connectivity index (χ3n) is 2.34. The zero-order chi connectivity index (χ0) is 11.7. The first-order chi connectivity index (χ1) is 7.56. The first kappa shape index (κ1) is 10.7. The number of hydrogen-bond acceptors (Lipinski definition) is 2. The van der Waals surface area contributed by atoms with Crippen molar-refractivity contribution in [3.05, 3.63) is 35.8 Å². The number of fused-ring (bicyclic) bond motifs is 1. The van der Waals surface area contributed by atoms with Crippen LogP contribution >= 0.6 is 0 Å². The monoisotopic (exact) mass is 221 g/mol. The molecule has 0 radical (unpaired) electrons. The molecule has 1 atom stereocenters. The Morgan fingerprint density at radius 2 is 2.19 bits per heavy atom. The number of hydrogen-bond donors (Lipinski definition) is 1. The van der Waals surface area contributed by atoms with E-state index in [2.05, 4.69) is 5.32 Å². The molecule has 0 aliphatic rings. The van der Waals surface area contributed by atoms with E-state index in [9.17, 15) is 9.18 Å². The molecule has 0 aliphatic carbocycles. The molecule has 2 aromatic rings. The van der Waals surface area contributed by atoms with E-state index in [1.54, 1.807) is 12.1 Å². The number of rotatable bonds is 2. The van der Waals surface area contributed by atoms with Gasteiger partial charge in [-0.1, -0.05) is 0 Å². The predicted octanol–water partition coefficient (Wildman–Crippen LogP) is 2.77. The van der Waals surface area contributed by atoms with Crippen LogP contribution in [-0.2, 0) is 4.79 Å². The molecule has 0 fully saturated rings. The Balaban J connectivity index is 2.35. The molecule has 0 bridgehead atoms. The molecule has 1 unspecified atom stereocenters. The number of benzene rings is 1. The van der Waals surface area contributed by atoms with E-state index in [1.807, 2.05) is 6.92 Å². The van der Waals surface area contributed by atoms with Gasteiger partial charge in [0.1, 0.15) is 17.2 Å². The van der Waals surface area contributed by atoms with E-state index >= 15 is 0 Å². The molecule has 16 heavy (non-hydrogen) atoms. The normalized spacial score (nSPS) is 12.7. The molecule has 84 valence electrons. The summed E-state index contributed by atoms with van der Waals surface area (Å²) in [4.78, 5) is 10.9. The molecule has 0 aliphatic heterocycles. The van der Waals surface area contributed by atoms with Crippen LogP contribution in [0.3, 0.4) is 0 Å². The number of nitrogens with one attached hydrogen (secondary N) is 1. The molecule has 1 amide bonds. The molecule has 2 rings (SSSR count). The molecule has 1 aromatic carbocycles.